The fraction of sp³-hybridized carbons (Fsp3) is 0.133. The normalized spacial score (nSPS) is 10.1. The maximum atomic E-state index is 9.21. The number of rotatable bonds is 3. The van der Waals surface area contributed by atoms with E-state index in [0.717, 1.165) is 5.56 Å². The molecule has 0 aliphatic rings. The van der Waals surface area contributed by atoms with Crippen LogP contribution in [0.3, 0.4) is 0 Å². The van der Waals surface area contributed by atoms with Gasteiger partial charge < -0.3 is 10.4 Å². The lowest BCUT2D eigenvalue weighted by molar-refractivity contribution is 0.475. The summed E-state index contributed by atoms with van der Waals surface area (Å²) in [6.45, 7) is 2.78. The molecular weight excluding hydrogens is 242 g/mol. The summed E-state index contributed by atoms with van der Waals surface area (Å²) >= 11 is 5.30. The standard InChI is InChI=1S/C15H15NOS/c1-11-2-4-12(5-3-11)10-16-15(18)13-6-8-14(17)9-7-13/h2-9,17H,10H2,1H3,(H,16,18). The molecule has 0 aromatic heterocycles. The molecular formula is C15H15NOS. The quantitative estimate of drug-likeness (QED) is 0.828. The first-order valence-electron chi connectivity index (χ1n) is 5.78. The highest BCUT2D eigenvalue weighted by Crippen LogP contribution is 2.10. The summed E-state index contributed by atoms with van der Waals surface area (Å²) in [5.74, 6) is 0.250. The second-order valence-electron chi connectivity index (χ2n) is 4.22. The van der Waals surface area contributed by atoms with Crippen LogP contribution < -0.4 is 5.32 Å². The molecule has 0 amide bonds. The van der Waals surface area contributed by atoms with Gasteiger partial charge in [-0.15, -0.1) is 0 Å². The van der Waals surface area contributed by atoms with Crippen molar-refractivity contribution in [2.45, 2.75) is 13.5 Å². The third-order valence-electron chi connectivity index (χ3n) is 2.70. The fourth-order valence-corrected chi connectivity index (χ4v) is 1.81. The molecule has 0 spiro atoms. The summed E-state index contributed by atoms with van der Waals surface area (Å²) in [5, 5.41) is 12.4. The second kappa shape index (κ2) is 5.65. The van der Waals surface area contributed by atoms with Gasteiger partial charge >= 0.3 is 0 Å². The Hall–Kier alpha value is -1.87. The van der Waals surface area contributed by atoms with Gasteiger partial charge in [0.05, 0.1) is 0 Å². The highest BCUT2D eigenvalue weighted by Gasteiger charge is 2.00. The SMILES string of the molecule is Cc1ccc(CNC(=S)c2ccc(O)cc2)cc1. The Morgan fingerprint density at radius 1 is 1.06 bits per heavy atom. The number of phenolic OH excluding ortho intramolecular Hbond substituents is 1. The van der Waals surface area contributed by atoms with E-state index >= 15 is 0 Å². The van der Waals surface area contributed by atoms with Crippen LogP contribution in [-0.2, 0) is 6.54 Å². The Bertz CT molecular complexity index is 531. The number of hydrogen-bond donors (Lipinski definition) is 2. The number of nitrogens with one attached hydrogen (secondary N) is 1. The van der Waals surface area contributed by atoms with E-state index in [1.807, 2.05) is 0 Å². The summed E-state index contributed by atoms with van der Waals surface area (Å²) in [4.78, 5) is 0.690. The van der Waals surface area contributed by atoms with Crippen LogP contribution in [0.2, 0.25) is 0 Å². The lowest BCUT2D eigenvalue weighted by Crippen LogP contribution is -2.21. The number of hydrogen-bond acceptors (Lipinski definition) is 2. The van der Waals surface area contributed by atoms with Crippen molar-refractivity contribution in [2.24, 2.45) is 0 Å². The zero-order valence-electron chi connectivity index (χ0n) is 10.2. The Kier molecular flexibility index (Phi) is 3.95. The van der Waals surface area contributed by atoms with Gasteiger partial charge in [-0.2, -0.15) is 0 Å². The van der Waals surface area contributed by atoms with Crippen LogP contribution in [0.1, 0.15) is 16.7 Å². The maximum Gasteiger partial charge on any atom is 0.115 e. The van der Waals surface area contributed by atoms with Gasteiger partial charge in [-0.3, -0.25) is 0 Å². The van der Waals surface area contributed by atoms with Crippen molar-refractivity contribution in [3.05, 3.63) is 65.2 Å². The molecule has 0 unspecified atom stereocenters. The largest absolute Gasteiger partial charge is 0.508 e. The molecule has 3 heteroatoms. The summed E-state index contributed by atoms with van der Waals surface area (Å²) in [7, 11) is 0. The first-order chi connectivity index (χ1) is 8.65. The third kappa shape index (κ3) is 3.31. The van der Waals surface area contributed by atoms with E-state index < -0.39 is 0 Å². The predicted molar refractivity (Wildman–Crippen MR) is 77.8 cm³/mol. The van der Waals surface area contributed by atoms with Crippen LogP contribution in [0.4, 0.5) is 0 Å². The number of aryl methyl sites for hydroxylation is 1. The van der Waals surface area contributed by atoms with Crippen molar-refractivity contribution in [1.29, 1.82) is 0 Å². The minimum absolute atomic E-state index is 0.250. The zero-order valence-corrected chi connectivity index (χ0v) is 11.0. The van der Waals surface area contributed by atoms with Crippen molar-refractivity contribution in [3.8, 4) is 5.75 Å². The Morgan fingerprint density at radius 2 is 1.67 bits per heavy atom. The maximum absolute atomic E-state index is 9.21. The molecule has 0 aliphatic heterocycles. The molecule has 0 aliphatic carbocycles. The molecule has 2 nitrogen and oxygen atoms in total. The number of phenols is 1. The minimum atomic E-state index is 0.250. The molecule has 2 aromatic carbocycles. The average Bonchev–Trinajstić information content (AvgIpc) is 2.38. The summed E-state index contributed by atoms with van der Waals surface area (Å²) in [6.07, 6.45) is 0. The Labute approximate surface area is 112 Å². The average molecular weight is 257 g/mol. The van der Waals surface area contributed by atoms with Gasteiger partial charge in [-0.1, -0.05) is 42.0 Å². The van der Waals surface area contributed by atoms with Crippen LogP contribution in [0.25, 0.3) is 0 Å². The molecule has 2 rings (SSSR count). The van der Waals surface area contributed by atoms with Gasteiger partial charge in [-0.05, 0) is 36.8 Å². The van der Waals surface area contributed by atoms with Crippen molar-refractivity contribution < 1.29 is 5.11 Å². The van der Waals surface area contributed by atoms with Gasteiger partial charge in [-0.25, -0.2) is 0 Å². The predicted octanol–water partition coefficient (Wildman–Crippen LogP) is 3.17. The van der Waals surface area contributed by atoms with Gasteiger partial charge in [0.25, 0.3) is 0 Å². The molecule has 0 heterocycles. The molecule has 0 fully saturated rings. The third-order valence-corrected chi connectivity index (χ3v) is 3.08. The molecule has 0 radical (unpaired) electrons. The minimum Gasteiger partial charge on any atom is -0.508 e. The highest BCUT2D eigenvalue weighted by atomic mass is 32.1. The summed E-state index contributed by atoms with van der Waals surface area (Å²) in [6, 6.07) is 15.2. The number of thiocarbonyl (C=S) groups is 1. The smallest absolute Gasteiger partial charge is 0.115 e. The van der Waals surface area contributed by atoms with Crippen molar-refractivity contribution >= 4 is 17.2 Å². The molecule has 2 aromatic rings. The second-order valence-corrected chi connectivity index (χ2v) is 4.62. The van der Waals surface area contributed by atoms with Crippen LogP contribution in [-0.4, -0.2) is 10.1 Å². The van der Waals surface area contributed by atoms with Gasteiger partial charge in [0, 0.05) is 12.1 Å². The molecule has 0 saturated heterocycles. The van der Waals surface area contributed by atoms with Crippen LogP contribution in [0.15, 0.2) is 48.5 Å². The summed E-state index contributed by atoms with van der Waals surface area (Å²) < 4.78 is 0. The summed E-state index contributed by atoms with van der Waals surface area (Å²) in [5.41, 5.74) is 3.36. The van der Waals surface area contributed by atoms with E-state index in [1.165, 1.54) is 11.1 Å². The van der Waals surface area contributed by atoms with E-state index in [0.29, 0.717) is 11.5 Å². The van der Waals surface area contributed by atoms with E-state index in [2.05, 4.69) is 36.5 Å². The van der Waals surface area contributed by atoms with E-state index in [4.69, 9.17) is 12.2 Å². The van der Waals surface area contributed by atoms with Gasteiger partial charge in [0.15, 0.2) is 0 Å². The van der Waals surface area contributed by atoms with E-state index in [-0.39, 0.29) is 5.75 Å². The lowest BCUT2D eigenvalue weighted by Gasteiger charge is -2.08. The fourth-order valence-electron chi connectivity index (χ4n) is 1.60. The first kappa shape index (κ1) is 12.6. The number of aromatic hydroxyl groups is 1. The van der Waals surface area contributed by atoms with Gasteiger partial charge in [0.2, 0.25) is 0 Å². The van der Waals surface area contributed by atoms with E-state index in [1.54, 1.807) is 24.3 Å². The van der Waals surface area contributed by atoms with Gasteiger partial charge in [0.1, 0.15) is 10.7 Å². The van der Waals surface area contributed by atoms with Crippen LogP contribution >= 0.6 is 12.2 Å². The first-order valence-corrected chi connectivity index (χ1v) is 6.19. The molecule has 92 valence electrons. The topological polar surface area (TPSA) is 32.3 Å². The lowest BCUT2D eigenvalue weighted by atomic mass is 10.1. The van der Waals surface area contributed by atoms with Crippen LogP contribution in [0.5, 0.6) is 5.75 Å². The molecule has 0 bridgehead atoms. The monoisotopic (exact) mass is 257 g/mol. The Balaban J connectivity index is 1.96. The molecule has 2 N–H and O–H groups in total. The molecule has 0 atom stereocenters. The molecule has 0 saturated carbocycles. The van der Waals surface area contributed by atoms with Crippen LogP contribution in [0, 0.1) is 6.92 Å². The highest BCUT2D eigenvalue weighted by molar-refractivity contribution is 7.80. The Morgan fingerprint density at radius 3 is 2.28 bits per heavy atom. The van der Waals surface area contributed by atoms with Crippen molar-refractivity contribution in [1.82, 2.24) is 5.32 Å². The van der Waals surface area contributed by atoms with Crippen molar-refractivity contribution in [2.75, 3.05) is 0 Å². The van der Waals surface area contributed by atoms with E-state index in [9.17, 15) is 5.11 Å². The molecule has 18 heavy (non-hydrogen) atoms. The number of benzene rings is 2. The van der Waals surface area contributed by atoms with Crippen molar-refractivity contribution in [3.63, 3.8) is 0 Å². The zero-order chi connectivity index (χ0) is 13.0.